The van der Waals surface area contributed by atoms with Gasteiger partial charge in [0.2, 0.25) is 0 Å². The molecule has 7 heteroatoms. The Kier molecular flexibility index (Phi) is 5.90. The molecule has 0 spiro atoms. The number of hydrogen-bond acceptors (Lipinski definition) is 5. The summed E-state index contributed by atoms with van der Waals surface area (Å²) in [6.45, 7) is 3.46. The van der Waals surface area contributed by atoms with Crippen molar-refractivity contribution in [3.8, 4) is 0 Å². The Morgan fingerprint density at radius 3 is 2.50 bits per heavy atom. The predicted molar refractivity (Wildman–Crippen MR) is 106 cm³/mol. The maximum absolute atomic E-state index is 13.0. The second-order valence-corrected chi connectivity index (χ2v) is 7.75. The van der Waals surface area contributed by atoms with E-state index in [2.05, 4.69) is 15.2 Å². The minimum atomic E-state index is -0.692. The van der Waals surface area contributed by atoms with Gasteiger partial charge in [-0.05, 0) is 36.8 Å². The Morgan fingerprint density at radius 2 is 1.92 bits per heavy atom. The first-order chi connectivity index (χ1) is 12.6. The summed E-state index contributed by atoms with van der Waals surface area (Å²) in [5.74, 6) is 1.56. The van der Waals surface area contributed by atoms with Gasteiger partial charge in [0, 0.05) is 23.2 Å². The molecule has 3 rings (SSSR count). The molecule has 1 aliphatic heterocycles. The lowest BCUT2D eigenvalue weighted by molar-refractivity contribution is 0.586. The van der Waals surface area contributed by atoms with Crippen LogP contribution >= 0.6 is 0 Å². The van der Waals surface area contributed by atoms with Crippen molar-refractivity contribution in [1.29, 1.82) is 5.41 Å². The Bertz CT molecular complexity index is 784. The minimum Gasteiger partial charge on any atom is -0.616 e. The van der Waals surface area contributed by atoms with Crippen LogP contribution in [0.2, 0.25) is 0 Å². The third-order valence-electron chi connectivity index (χ3n) is 4.31. The monoisotopic (exact) mass is 372 g/mol. The summed E-state index contributed by atoms with van der Waals surface area (Å²) in [6.07, 6.45) is 2.45. The van der Waals surface area contributed by atoms with E-state index in [9.17, 15) is 8.94 Å². The summed E-state index contributed by atoms with van der Waals surface area (Å²) < 4.78 is 24.5. The molecule has 5 nitrogen and oxygen atoms in total. The van der Waals surface area contributed by atoms with Gasteiger partial charge in [0.25, 0.3) is 0 Å². The molecule has 1 saturated heterocycles. The summed E-state index contributed by atoms with van der Waals surface area (Å²) in [5.41, 5.74) is 3.51. The number of rotatable bonds is 5. The fourth-order valence-corrected chi connectivity index (χ4v) is 3.92. The first-order valence-electron chi connectivity index (χ1n) is 8.37. The number of pyridine rings is 1. The highest BCUT2D eigenvalue weighted by atomic mass is 32.2. The molecule has 1 aliphatic rings. The highest BCUT2D eigenvalue weighted by Crippen LogP contribution is 2.23. The van der Waals surface area contributed by atoms with Crippen molar-refractivity contribution in [1.82, 2.24) is 4.98 Å². The zero-order valence-corrected chi connectivity index (χ0v) is 15.4. The predicted octanol–water partition coefficient (Wildman–Crippen LogP) is 3.28. The van der Waals surface area contributed by atoms with Crippen molar-refractivity contribution in [2.45, 2.75) is 6.92 Å². The Morgan fingerprint density at radius 1 is 1.23 bits per heavy atom. The Hall–Kier alpha value is -2.38. The van der Waals surface area contributed by atoms with Gasteiger partial charge in [-0.2, -0.15) is 0 Å². The molecule has 0 atom stereocenters. The Balaban J connectivity index is 1.76. The van der Waals surface area contributed by atoms with E-state index in [0.717, 1.165) is 41.8 Å². The normalized spacial score (nSPS) is 16.2. The third-order valence-corrected chi connectivity index (χ3v) is 5.59. The molecular weight excluding hydrogens is 351 g/mol. The maximum atomic E-state index is 13.0. The van der Waals surface area contributed by atoms with Crippen LogP contribution in [0.4, 0.5) is 15.9 Å². The molecule has 136 valence electrons. The molecule has 1 aromatic carbocycles. The largest absolute Gasteiger partial charge is 0.616 e. The maximum Gasteiger partial charge on any atom is 0.141 e. The fraction of sp³-hybridized carbons (Fsp3) is 0.263. The molecule has 0 aliphatic carbocycles. The number of nitrogens with zero attached hydrogens (tertiary/aromatic N) is 2. The molecule has 0 amide bonds. The van der Waals surface area contributed by atoms with Gasteiger partial charge in [-0.1, -0.05) is 23.3 Å². The van der Waals surface area contributed by atoms with E-state index >= 15 is 0 Å². The van der Waals surface area contributed by atoms with Gasteiger partial charge in [-0.3, -0.25) is 0 Å². The van der Waals surface area contributed by atoms with Crippen molar-refractivity contribution in [2.75, 3.05) is 34.8 Å². The van der Waals surface area contributed by atoms with Gasteiger partial charge in [-0.15, -0.1) is 0 Å². The molecule has 0 saturated carbocycles. The quantitative estimate of drug-likeness (QED) is 0.624. The lowest BCUT2D eigenvalue weighted by Crippen LogP contribution is -2.40. The minimum absolute atomic E-state index is 0.387. The molecule has 0 bridgehead atoms. The van der Waals surface area contributed by atoms with E-state index in [4.69, 9.17) is 5.41 Å². The second-order valence-electron chi connectivity index (χ2n) is 6.05. The first-order valence-corrected chi connectivity index (χ1v) is 9.86. The standard InChI is InChI=1S/C19H21FN4OS/c1-14(23-19-7-4-16(20)13-22-19)18(12-21)15-2-5-17(6-3-15)24-8-10-26(25)11-9-24/h2-7,12-13,21H,8-11H2,1H3,(H,22,23)/b18-14+,21-12?. The van der Waals surface area contributed by atoms with Crippen molar-refractivity contribution in [3.05, 3.63) is 59.7 Å². The van der Waals surface area contributed by atoms with E-state index in [1.54, 1.807) is 6.07 Å². The summed E-state index contributed by atoms with van der Waals surface area (Å²) >= 11 is -0.692. The van der Waals surface area contributed by atoms with E-state index in [1.165, 1.54) is 12.3 Å². The lowest BCUT2D eigenvalue weighted by Gasteiger charge is -2.30. The highest BCUT2D eigenvalue weighted by molar-refractivity contribution is 7.91. The molecule has 2 aromatic rings. The van der Waals surface area contributed by atoms with Crippen molar-refractivity contribution < 1.29 is 8.94 Å². The van der Waals surface area contributed by atoms with E-state index in [-0.39, 0.29) is 5.82 Å². The van der Waals surface area contributed by atoms with Crippen LogP contribution in [0.5, 0.6) is 0 Å². The summed E-state index contributed by atoms with van der Waals surface area (Å²) in [5, 5.41) is 10.9. The van der Waals surface area contributed by atoms with E-state index in [1.807, 2.05) is 31.2 Å². The topological polar surface area (TPSA) is 75.1 Å². The van der Waals surface area contributed by atoms with Crippen LogP contribution < -0.4 is 10.2 Å². The molecular formula is C19H21FN4OS. The van der Waals surface area contributed by atoms with Crippen LogP contribution in [0.1, 0.15) is 12.5 Å². The van der Waals surface area contributed by atoms with Gasteiger partial charge >= 0.3 is 0 Å². The fourth-order valence-electron chi connectivity index (χ4n) is 2.87. The van der Waals surface area contributed by atoms with Crippen LogP contribution in [-0.4, -0.2) is 40.3 Å². The van der Waals surface area contributed by atoms with Crippen molar-refractivity contribution in [3.63, 3.8) is 0 Å². The SMILES string of the molecule is C/C(Nc1ccc(F)cn1)=C(/C=N)c1ccc(N2CC[S+]([O-])CC2)cc1. The highest BCUT2D eigenvalue weighted by Gasteiger charge is 2.19. The van der Waals surface area contributed by atoms with Gasteiger partial charge in [-0.25, -0.2) is 9.37 Å². The van der Waals surface area contributed by atoms with Crippen LogP contribution in [0.15, 0.2) is 48.3 Å². The molecule has 0 radical (unpaired) electrons. The van der Waals surface area contributed by atoms with Crippen LogP contribution in [0.3, 0.4) is 0 Å². The van der Waals surface area contributed by atoms with Crippen LogP contribution in [-0.2, 0) is 11.2 Å². The smallest absolute Gasteiger partial charge is 0.141 e. The molecule has 1 aromatic heterocycles. The number of hydrogen-bond donors (Lipinski definition) is 2. The zero-order valence-electron chi connectivity index (χ0n) is 14.5. The average molecular weight is 372 g/mol. The number of halogens is 1. The third kappa shape index (κ3) is 4.42. The van der Waals surface area contributed by atoms with Gasteiger partial charge < -0.3 is 20.2 Å². The summed E-state index contributed by atoms with van der Waals surface area (Å²) in [7, 11) is 0. The second kappa shape index (κ2) is 8.33. The summed E-state index contributed by atoms with van der Waals surface area (Å²) in [6, 6.07) is 10.9. The molecule has 2 N–H and O–H groups in total. The number of allylic oxidation sites excluding steroid dienone is 2. The molecule has 0 unspecified atom stereocenters. The number of benzene rings is 1. The average Bonchev–Trinajstić information content (AvgIpc) is 2.65. The van der Waals surface area contributed by atoms with E-state index in [0.29, 0.717) is 17.3 Å². The van der Waals surface area contributed by atoms with Crippen LogP contribution in [0, 0.1) is 11.2 Å². The number of anilines is 2. The molecule has 1 fully saturated rings. The van der Waals surface area contributed by atoms with Gasteiger partial charge in [0.05, 0.1) is 19.3 Å². The van der Waals surface area contributed by atoms with Gasteiger partial charge in [0.1, 0.15) is 23.1 Å². The zero-order chi connectivity index (χ0) is 18.5. The molecule has 2 heterocycles. The number of aromatic nitrogens is 1. The van der Waals surface area contributed by atoms with E-state index < -0.39 is 11.2 Å². The van der Waals surface area contributed by atoms with Gasteiger partial charge in [0.15, 0.2) is 0 Å². The Labute approximate surface area is 155 Å². The molecule has 26 heavy (non-hydrogen) atoms. The summed E-state index contributed by atoms with van der Waals surface area (Å²) in [4.78, 5) is 6.21. The van der Waals surface area contributed by atoms with Crippen LogP contribution in [0.25, 0.3) is 5.57 Å². The first kappa shape index (κ1) is 18.4. The van der Waals surface area contributed by atoms with Crippen molar-refractivity contribution >= 4 is 34.5 Å². The lowest BCUT2D eigenvalue weighted by atomic mass is 10.0. The number of nitrogens with one attached hydrogen (secondary N) is 2. The van der Waals surface area contributed by atoms with Crippen molar-refractivity contribution in [2.24, 2.45) is 0 Å².